The topological polar surface area (TPSA) is 21.1 Å². The number of nitrogens with zero attached hydrogens (tertiary/aromatic N) is 3. The maximum atomic E-state index is 4.46. The maximum Gasteiger partial charge on any atom is 0.0739 e. The second kappa shape index (κ2) is 3.84. The van der Waals surface area contributed by atoms with Crippen molar-refractivity contribution in [3.8, 4) is 0 Å². The predicted octanol–water partition coefficient (Wildman–Crippen LogP) is 2.48. The Morgan fingerprint density at radius 3 is 2.75 bits per heavy atom. The Balaban J connectivity index is 1.79. The summed E-state index contributed by atoms with van der Waals surface area (Å²) in [7, 11) is 2.04. The molecule has 1 aliphatic heterocycles. The Kier molecular flexibility index (Phi) is 2.59. The van der Waals surface area contributed by atoms with Crippen LogP contribution in [0.4, 0.5) is 0 Å². The number of aryl methyl sites for hydroxylation is 2. The van der Waals surface area contributed by atoms with E-state index in [0.717, 1.165) is 24.2 Å². The van der Waals surface area contributed by atoms with Crippen LogP contribution in [0.2, 0.25) is 0 Å². The molecule has 2 heterocycles. The van der Waals surface area contributed by atoms with E-state index in [1.54, 1.807) is 0 Å². The van der Waals surface area contributed by atoms with Crippen LogP contribution in [-0.2, 0) is 13.6 Å². The molecule has 2 fully saturated rings. The highest BCUT2D eigenvalue weighted by atomic mass is 79.9. The van der Waals surface area contributed by atoms with Gasteiger partial charge in [-0.2, -0.15) is 5.10 Å². The number of hydrogen-bond donors (Lipinski definition) is 0. The molecule has 0 spiro atoms. The van der Waals surface area contributed by atoms with E-state index in [-0.39, 0.29) is 0 Å². The lowest BCUT2D eigenvalue weighted by atomic mass is 10.1. The fourth-order valence-electron chi connectivity index (χ4n) is 3.26. The molecule has 0 N–H and O–H groups in total. The minimum atomic E-state index is 0.840. The van der Waals surface area contributed by atoms with Crippen molar-refractivity contribution in [3.63, 3.8) is 0 Å². The highest BCUT2D eigenvalue weighted by Crippen LogP contribution is 2.38. The molecule has 0 radical (unpaired) electrons. The van der Waals surface area contributed by atoms with Gasteiger partial charge in [0, 0.05) is 26.2 Å². The number of halogens is 1. The molecule has 2 bridgehead atoms. The summed E-state index contributed by atoms with van der Waals surface area (Å²) in [5.74, 6) is 0.970. The molecule has 0 aromatic carbocycles. The van der Waals surface area contributed by atoms with E-state index in [1.165, 1.54) is 36.0 Å². The Labute approximate surface area is 105 Å². The van der Waals surface area contributed by atoms with Crippen molar-refractivity contribution in [1.82, 2.24) is 14.7 Å². The predicted molar refractivity (Wildman–Crippen MR) is 67.2 cm³/mol. The van der Waals surface area contributed by atoms with E-state index >= 15 is 0 Å². The van der Waals surface area contributed by atoms with Gasteiger partial charge in [0.05, 0.1) is 15.9 Å². The Morgan fingerprint density at radius 1 is 1.44 bits per heavy atom. The van der Waals surface area contributed by atoms with E-state index in [4.69, 9.17) is 0 Å². The van der Waals surface area contributed by atoms with Crippen molar-refractivity contribution in [2.75, 3.05) is 6.54 Å². The highest BCUT2D eigenvalue weighted by molar-refractivity contribution is 9.10. The molecule has 3 nitrogen and oxygen atoms in total. The third kappa shape index (κ3) is 1.63. The van der Waals surface area contributed by atoms with Gasteiger partial charge in [-0.3, -0.25) is 9.58 Å². The number of likely N-dealkylation sites (tertiary alicyclic amines) is 1. The molecule has 88 valence electrons. The van der Waals surface area contributed by atoms with Gasteiger partial charge in [-0.15, -0.1) is 0 Å². The summed E-state index contributed by atoms with van der Waals surface area (Å²) in [5, 5.41) is 4.46. The van der Waals surface area contributed by atoms with Crippen LogP contribution in [0.15, 0.2) is 4.47 Å². The van der Waals surface area contributed by atoms with Crippen LogP contribution in [0, 0.1) is 12.8 Å². The van der Waals surface area contributed by atoms with E-state index in [0.29, 0.717) is 0 Å². The Bertz CT molecular complexity index is 413. The molecule has 1 saturated carbocycles. The lowest BCUT2D eigenvalue weighted by molar-refractivity contribution is 0.200. The third-order valence-corrected chi connectivity index (χ3v) is 5.17. The first-order valence-corrected chi connectivity index (χ1v) is 6.86. The summed E-state index contributed by atoms with van der Waals surface area (Å²) in [6, 6.07) is 0.840. The maximum absolute atomic E-state index is 4.46. The smallest absolute Gasteiger partial charge is 0.0739 e. The number of fused-ring (bicyclic) bond motifs is 2. The Morgan fingerprint density at radius 2 is 2.25 bits per heavy atom. The average molecular weight is 284 g/mol. The molecule has 2 atom stereocenters. The van der Waals surface area contributed by atoms with Crippen molar-refractivity contribution >= 4 is 15.9 Å². The van der Waals surface area contributed by atoms with Gasteiger partial charge in [-0.05, 0) is 48.0 Å². The molecule has 1 aromatic heterocycles. The summed E-state index contributed by atoms with van der Waals surface area (Å²) < 4.78 is 3.21. The molecule has 1 saturated heterocycles. The van der Waals surface area contributed by atoms with Gasteiger partial charge in [0.15, 0.2) is 0 Å². The van der Waals surface area contributed by atoms with E-state index in [1.807, 2.05) is 11.7 Å². The molecule has 1 aromatic rings. The zero-order valence-electron chi connectivity index (χ0n) is 9.91. The van der Waals surface area contributed by atoms with Crippen molar-refractivity contribution in [2.45, 2.75) is 38.8 Å². The van der Waals surface area contributed by atoms with E-state index < -0.39 is 0 Å². The molecular weight excluding hydrogens is 266 g/mol. The summed E-state index contributed by atoms with van der Waals surface area (Å²) in [6.45, 7) is 4.41. The monoisotopic (exact) mass is 283 g/mol. The van der Waals surface area contributed by atoms with Gasteiger partial charge >= 0.3 is 0 Å². The first kappa shape index (κ1) is 10.8. The zero-order chi connectivity index (χ0) is 11.3. The second-order valence-electron chi connectivity index (χ2n) is 5.23. The number of piperidine rings is 1. The summed E-state index contributed by atoms with van der Waals surface area (Å²) in [5.41, 5.74) is 2.42. The minimum absolute atomic E-state index is 0.840. The van der Waals surface area contributed by atoms with E-state index in [9.17, 15) is 0 Å². The first-order chi connectivity index (χ1) is 7.65. The van der Waals surface area contributed by atoms with Gasteiger partial charge in [0.25, 0.3) is 0 Å². The van der Waals surface area contributed by atoms with Crippen molar-refractivity contribution < 1.29 is 0 Å². The molecule has 3 rings (SSSR count). The second-order valence-corrected chi connectivity index (χ2v) is 6.03. The third-order valence-electron chi connectivity index (χ3n) is 4.14. The van der Waals surface area contributed by atoms with Gasteiger partial charge in [0.1, 0.15) is 0 Å². The van der Waals surface area contributed by atoms with Crippen LogP contribution in [-0.4, -0.2) is 27.3 Å². The van der Waals surface area contributed by atoms with Crippen LogP contribution in [0.25, 0.3) is 0 Å². The first-order valence-electron chi connectivity index (χ1n) is 6.07. The minimum Gasteiger partial charge on any atom is -0.294 e. The summed E-state index contributed by atoms with van der Waals surface area (Å²) in [6.07, 6.45) is 4.28. The van der Waals surface area contributed by atoms with Crippen molar-refractivity contribution in [2.24, 2.45) is 13.0 Å². The standard InChI is InChI=1S/C12H18BrN3/c1-8-12(13)11(15(2)14-8)7-16-6-9-3-4-10(16)5-9/h9-10H,3-7H2,1-2H3. The van der Waals surface area contributed by atoms with Crippen LogP contribution >= 0.6 is 15.9 Å². The van der Waals surface area contributed by atoms with Crippen LogP contribution in [0.5, 0.6) is 0 Å². The number of rotatable bonds is 2. The molecule has 2 aliphatic rings. The normalized spacial score (nSPS) is 29.2. The molecule has 0 amide bonds. The summed E-state index contributed by atoms with van der Waals surface area (Å²) >= 11 is 3.65. The average Bonchev–Trinajstić information content (AvgIpc) is 2.90. The largest absolute Gasteiger partial charge is 0.294 e. The SMILES string of the molecule is Cc1nn(C)c(CN2CC3CCC2C3)c1Br. The highest BCUT2D eigenvalue weighted by Gasteiger charge is 2.38. The number of hydrogen-bond acceptors (Lipinski definition) is 2. The Hall–Kier alpha value is -0.350. The number of aromatic nitrogens is 2. The molecule has 1 aliphatic carbocycles. The summed E-state index contributed by atoms with van der Waals surface area (Å²) in [4.78, 5) is 2.63. The fourth-order valence-corrected chi connectivity index (χ4v) is 3.73. The van der Waals surface area contributed by atoms with Crippen molar-refractivity contribution in [3.05, 3.63) is 15.9 Å². The van der Waals surface area contributed by atoms with Gasteiger partial charge in [-0.25, -0.2) is 0 Å². The molecular formula is C12H18BrN3. The lowest BCUT2D eigenvalue weighted by Gasteiger charge is -2.26. The quantitative estimate of drug-likeness (QED) is 0.832. The molecule has 2 unspecified atom stereocenters. The van der Waals surface area contributed by atoms with Gasteiger partial charge in [-0.1, -0.05) is 0 Å². The molecule has 16 heavy (non-hydrogen) atoms. The zero-order valence-corrected chi connectivity index (χ0v) is 11.5. The van der Waals surface area contributed by atoms with Crippen LogP contribution in [0.3, 0.4) is 0 Å². The molecule has 4 heteroatoms. The fraction of sp³-hybridized carbons (Fsp3) is 0.750. The lowest BCUT2D eigenvalue weighted by Crippen LogP contribution is -2.32. The van der Waals surface area contributed by atoms with Gasteiger partial charge in [0.2, 0.25) is 0 Å². The van der Waals surface area contributed by atoms with E-state index in [2.05, 4.69) is 32.9 Å². The van der Waals surface area contributed by atoms with Crippen LogP contribution < -0.4 is 0 Å². The van der Waals surface area contributed by atoms with Crippen LogP contribution in [0.1, 0.15) is 30.7 Å². The van der Waals surface area contributed by atoms with Crippen molar-refractivity contribution in [1.29, 1.82) is 0 Å². The van der Waals surface area contributed by atoms with Gasteiger partial charge < -0.3 is 0 Å².